The molecule has 0 saturated carbocycles. The second-order valence-corrected chi connectivity index (χ2v) is 6.17. The summed E-state index contributed by atoms with van der Waals surface area (Å²) in [6, 6.07) is 11.9. The van der Waals surface area contributed by atoms with E-state index in [0.29, 0.717) is 0 Å². The van der Waals surface area contributed by atoms with Gasteiger partial charge in [-0.15, -0.1) is 0 Å². The van der Waals surface area contributed by atoms with E-state index in [9.17, 15) is 4.79 Å². The van der Waals surface area contributed by atoms with Crippen molar-refractivity contribution in [2.75, 3.05) is 5.32 Å². The van der Waals surface area contributed by atoms with E-state index >= 15 is 0 Å². The number of rotatable bonds is 2. The van der Waals surface area contributed by atoms with Gasteiger partial charge in [0.15, 0.2) is 0 Å². The van der Waals surface area contributed by atoms with Crippen LogP contribution >= 0.6 is 0 Å². The zero-order chi connectivity index (χ0) is 16.0. The third-order valence-corrected chi connectivity index (χ3v) is 4.75. The van der Waals surface area contributed by atoms with Gasteiger partial charge in [-0.25, -0.2) is 4.98 Å². The first-order valence-corrected chi connectivity index (χ1v) is 7.98. The molecular formula is C19H19N3O. The number of carbonyl (C=O) groups excluding carboxylic acids is 1. The van der Waals surface area contributed by atoms with E-state index in [-0.39, 0.29) is 5.91 Å². The fraction of sp³-hybridized carbons (Fsp3) is 0.263. The van der Waals surface area contributed by atoms with Crippen molar-refractivity contribution in [3.05, 3.63) is 58.9 Å². The lowest BCUT2D eigenvalue weighted by Gasteiger charge is -2.09. The highest BCUT2D eigenvalue weighted by molar-refractivity contribution is 6.06. The first kappa shape index (κ1) is 14.0. The van der Waals surface area contributed by atoms with Crippen LogP contribution in [-0.4, -0.2) is 15.5 Å². The Labute approximate surface area is 135 Å². The minimum atomic E-state index is -0.0317. The van der Waals surface area contributed by atoms with Crippen molar-refractivity contribution < 1.29 is 4.79 Å². The Morgan fingerprint density at radius 1 is 1.22 bits per heavy atom. The largest absolute Gasteiger partial charge is 0.331 e. The summed E-state index contributed by atoms with van der Waals surface area (Å²) in [4.78, 5) is 17.2. The van der Waals surface area contributed by atoms with Crippen LogP contribution in [0.4, 0.5) is 5.69 Å². The quantitative estimate of drug-likeness (QED) is 0.786. The molecule has 2 aromatic carbocycles. The topological polar surface area (TPSA) is 46.9 Å². The zero-order valence-corrected chi connectivity index (χ0v) is 13.4. The molecule has 4 rings (SSSR count). The van der Waals surface area contributed by atoms with Gasteiger partial charge in [0.25, 0.3) is 5.91 Å². The minimum Gasteiger partial charge on any atom is -0.331 e. The lowest BCUT2D eigenvalue weighted by atomic mass is 10.0. The van der Waals surface area contributed by atoms with Gasteiger partial charge in [-0.3, -0.25) is 4.79 Å². The molecule has 3 aromatic rings. The molecule has 0 unspecified atom stereocenters. The van der Waals surface area contributed by atoms with E-state index in [1.807, 2.05) is 48.9 Å². The predicted molar refractivity (Wildman–Crippen MR) is 91.9 cm³/mol. The van der Waals surface area contributed by atoms with E-state index in [4.69, 9.17) is 0 Å². The molecule has 0 fully saturated rings. The van der Waals surface area contributed by atoms with Crippen molar-refractivity contribution >= 4 is 22.6 Å². The van der Waals surface area contributed by atoms with E-state index in [2.05, 4.69) is 16.4 Å². The van der Waals surface area contributed by atoms with Gasteiger partial charge in [-0.2, -0.15) is 0 Å². The molecule has 0 saturated heterocycles. The molecule has 0 atom stereocenters. The number of nitrogens with one attached hydrogen (secondary N) is 1. The van der Waals surface area contributed by atoms with Gasteiger partial charge in [0.1, 0.15) is 5.82 Å². The fourth-order valence-electron chi connectivity index (χ4n) is 3.43. The van der Waals surface area contributed by atoms with Crippen LogP contribution in [0.1, 0.15) is 33.7 Å². The molecule has 4 heteroatoms. The number of aryl methyl sites for hydroxylation is 3. The maximum Gasteiger partial charge on any atom is 0.255 e. The Balaban J connectivity index is 1.65. The maximum absolute atomic E-state index is 12.6. The third-order valence-electron chi connectivity index (χ3n) is 4.75. The number of benzene rings is 2. The Morgan fingerprint density at radius 3 is 2.96 bits per heavy atom. The molecule has 1 N–H and O–H groups in total. The average molecular weight is 305 g/mol. The number of hydrogen-bond acceptors (Lipinski definition) is 2. The second kappa shape index (κ2) is 5.23. The number of anilines is 1. The number of aromatic nitrogens is 2. The number of amides is 1. The van der Waals surface area contributed by atoms with Gasteiger partial charge in [0.05, 0.1) is 11.0 Å². The lowest BCUT2D eigenvalue weighted by Crippen LogP contribution is -2.14. The van der Waals surface area contributed by atoms with Gasteiger partial charge in [-0.1, -0.05) is 12.1 Å². The van der Waals surface area contributed by atoms with Crippen molar-refractivity contribution in [3.8, 4) is 0 Å². The number of fused-ring (bicyclic) bond motifs is 2. The minimum absolute atomic E-state index is 0.0317. The predicted octanol–water partition coefficient (Wildman–Crippen LogP) is 3.62. The molecule has 23 heavy (non-hydrogen) atoms. The zero-order valence-electron chi connectivity index (χ0n) is 13.4. The molecular weight excluding hydrogens is 286 g/mol. The van der Waals surface area contributed by atoms with E-state index < -0.39 is 0 Å². The fourth-order valence-corrected chi connectivity index (χ4v) is 3.43. The Kier molecular flexibility index (Phi) is 3.18. The smallest absolute Gasteiger partial charge is 0.255 e. The van der Waals surface area contributed by atoms with Crippen LogP contribution in [-0.2, 0) is 19.9 Å². The van der Waals surface area contributed by atoms with Gasteiger partial charge < -0.3 is 9.88 Å². The number of imidazole rings is 1. The summed E-state index contributed by atoms with van der Waals surface area (Å²) < 4.78 is 2.05. The van der Waals surface area contributed by atoms with Crippen LogP contribution in [0.5, 0.6) is 0 Å². The summed E-state index contributed by atoms with van der Waals surface area (Å²) in [7, 11) is 2.00. The molecule has 1 aliphatic rings. The summed E-state index contributed by atoms with van der Waals surface area (Å²) in [5, 5.41) is 3.02. The molecule has 1 heterocycles. The average Bonchev–Trinajstić information content (AvgIpc) is 3.12. The van der Waals surface area contributed by atoms with Crippen molar-refractivity contribution in [2.24, 2.45) is 7.05 Å². The van der Waals surface area contributed by atoms with E-state index in [0.717, 1.165) is 47.4 Å². The van der Waals surface area contributed by atoms with Crippen LogP contribution in [0.3, 0.4) is 0 Å². The van der Waals surface area contributed by atoms with Crippen molar-refractivity contribution in [3.63, 3.8) is 0 Å². The van der Waals surface area contributed by atoms with Crippen molar-refractivity contribution in [1.29, 1.82) is 0 Å². The molecule has 1 amide bonds. The lowest BCUT2D eigenvalue weighted by molar-refractivity contribution is 0.102. The summed E-state index contributed by atoms with van der Waals surface area (Å²) in [5.74, 6) is 0.931. The first-order valence-electron chi connectivity index (χ1n) is 7.98. The normalized spacial score (nSPS) is 13.3. The third kappa shape index (κ3) is 2.31. The highest BCUT2D eigenvalue weighted by Crippen LogP contribution is 2.26. The summed E-state index contributed by atoms with van der Waals surface area (Å²) in [6.45, 7) is 1.98. The molecule has 116 valence electrons. The number of hydrogen-bond donors (Lipinski definition) is 1. The first-order chi connectivity index (χ1) is 11.1. The summed E-state index contributed by atoms with van der Waals surface area (Å²) >= 11 is 0. The Hall–Kier alpha value is -2.62. The van der Waals surface area contributed by atoms with Gasteiger partial charge in [0, 0.05) is 18.3 Å². The molecule has 0 spiro atoms. The van der Waals surface area contributed by atoms with E-state index in [1.165, 1.54) is 11.1 Å². The van der Waals surface area contributed by atoms with Gasteiger partial charge in [-0.05, 0) is 61.6 Å². The van der Waals surface area contributed by atoms with Crippen LogP contribution in [0.25, 0.3) is 11.0 Å². The highest BCUT2D eigenvalue weighted by atomic mass is 16.1. The van der Waals surface area contributed by atoms with Crippen molar-refractivity contribution in [1.82, 2.24) is 9.55 Å². The van der Waals surface area contributed by atoms with Crippen LogP contribution in [0.2, 0.25) is 0 Å². The summed E-state index contributed by atoms with van der Waals surface area (Å²) in [6.07, 6.45) is 3.21. The maximum atomic E-state index is 12.6. The molecule has 4 nitrogen and oxygen atoms in total. The molecule has 0 bridgehead atoms. The standard InChI is InChI=1S/C19H19N3O/c1-12-20-17-11-14(9-10-18(17)22(12)2)21-19(23)16-8-4-6-13-5-3-7-15(13)16/h4,6,8-11H,3,5,7H2,1-2H3,(H,21,23). The van der Waals surface area contributed by atoms with E-state index in [1.54, 1.807) is 0 Å². The Bertz CT molecular complexity index is 924. The van der Waals surface area contributed by atoms with Crippen LogP contribution < -0.4 is 5.32 Å². The number of carbonyl (C=O) groups is 1. The summed E-state index contributed by atoms with van der Waals surface area (Å²) in [5.41, 5.74) is 6.09. The van der Waals surface area contributed by atoms with Crippen molar-refractivity contribution in [2.45, 2.75) is 26.2 Å². The molecule has 1 aromatic heterocycles. The monoisotopic (exact) mass is 305 g/mol. The molecule has 1 aliphatic carbocycles. The van der Waals surface area contributed by atoms with Crippen LogP contribution in [0.15, 0.2) is 36.4 Å². The Morgan fingerprint density at radius 2 is 2.09 bits per heavy atom. The van der Waals surface area contributed by atoms with Crippen LogP contribution in [0, 0.1) is 6.92 Å². The van der Waals surface area contributed by atoms with Gasteiger partial charge in [0.2, 0.25) is 0 Å². The van der Waals surface area contributed by atoms with Gasteiger partial charge >= 0.3 is 0 Å². The molecule has 0 radical (unpaired) electrons. The number of nitrogens with zero attached hydrogens (tertiary/aromatic N) is 2. The molecule has 0 aliphatic heterocycles. The highest BCUT2D eigenvalue weighted by Gasteiger charge is 2.19. The SMILES string of the molecule is Cc1nc2cc(NC(=O)c3cccc4c3CCC4)ccc2n1C. The second-order valence-electron chi connectivity index (χ2n) is 6.17.